The van der Waals surface area contributed by atoms with E-state index in [-0.39, 0.29) is 0 Å². The lowest BCUT2D eigenvalue weighted by atomic mass is 9.87. The molecule has 1 aromatic carbocycles. The van der Waals surface area contributed by atoms with Crippen molar-refractivity contribution >= 4 is 10.8 Å². The van der Waals surface area contributed by atoms with E-state index in [1.807, 2.05) is 12.4 Å². The Balaban J connectivity index is 2.12. The molecule has 2 rings (SSSR count). The summed E-state index contributed by atoms with van der Waals surface area (Å²) >= 11 is 0. The highest BCUT2D eigenvalue weighted by molar-refractivity contribution is 5.85. The van der Waals surface area contributed by atoms with Crippen molar-refractivity contribution in [3.63, 3.8) is 0 Å². The summed E-state index contributed by atoms with van der Waals surface area (Å²) in [6, 6.07) is 8.53. The summed E-state index contributed by atoms with van der Waals surface area (Å²) in [4.78, 5) is 4.40. The normalized spacial score (nSPS) is 14.7. The third-order valence-electron chi connectivity index (χ3n) is 4.06. The highest BCUT2D eigenvalue weighted by Crippen LogP contribution is 2.29. The molecular formula is C18H26N2. The van der Waals surface area contributed by atoms with Crippen molar-refractivity contribution in [2.45, 2.75) is 33.6 Å². The summed E-state index contributed by atoms with van der Waals surface area (Å²) < 4.78 is 0. The van der Waals surface area contributed by atoms with E-state index in [1.54, 1.807) is 0 Å². The van der Waals surface area contributed by atoms with E-state index in [2.05, 4.69) is 62.3 Å². The van der Waals surface area contributed by atoms with E-state index in [0.29, 0.717) is 17.8 Å². The Morgan fingerprint density at radius 2 is 1.75 bits per heavy atom. The molecule has 0 saturated carbocycles. The molecule has 0 amide bonds. The molecule has 0 radical (unpaired) electrons. The molecule has 0 fully saturated rings. The first-order valence-corrected chi connectivity index (χ1v) is 7.63. The summed E-state index contributed by atoms with van der Waals surface area (Å²) in [5, 5.41) is 6.14. The second kappa shape index (κ2) is 6.85. The average Bonchev–Trinajstić information content (AvgIpc) is 2.45. The van der Waals surface area contributed by atoms with Gasteiger partial charge in [0, 0.05) is 17.8 Å². The summed E-state index contributed by atoms with van der Waals surface area (Å²) in [6.45, 7) is 11.3. The van der Waals surface area contributed by atoms with Gasteiger partial charge in [0.05, 0.1) is 0 Å². The summed E-state index contributed by atoms with van der Waals surface area (Å²) in [5.41, 5.74) is 1.36. The van der Waals surface area contributed by atoms with Crippen LogP contribution in [0.2, 0.25) is 0 Å². The van der Waals surface area contributed by atoms with E-state index in [0.717, 1.165) is 13.1 Å². The third-order valence-corrected chi connectivity index (χ3v) is 4.06. The Hall–Kier alpha value is -1.41. The van der Waals surface area contributed by atoms with Gasteiger partial charge in [-0.3, -0.25) is 4.98 Å². The van der Waals surface area contributed by atoms with E-state index < -0.39 is 0 Å². The minimum Gasteiger partial charge on any atom is -0.316 e. The number of fused-ring (bicyclic) bond motifs is 1. The molecule has 1 heterocycles. The van der Waals surface area contributed by atoms with Gasteiger partial charge in [-0.15, -0.1) is 0 Å². The zero-order valence-electron chi connectivity index (χ0n) is 13.1. The van der Waals surface area contributed by atoms with Gasteiger partial charge >= 0.3 is 0 Å². The molecular weight excluding hydrogens is 244 g/mol. The first-order valence-electron chi connectivity index (χ1n) is 7.63. The highest BCUT2D eigenvalue weighted by atomic mass is 14.9. The first kappa shape index (κ1) is 15.0. The van der Waals surface area contributed by atoms with Gasteiger partial charge in [-0.1, -0.05) is 52.0 Å². The zero-order valence-corrected chi connectivity index (χ0v) is 13.1. The minimum absolute atomic E-state index is 0.508. The van der Waals surface area contributed by atoms with Crippen molar-refractivity contribution in [2.75, 3.05) is 13.1 Å². The fraction of sp³-hybridized carbons (Fsp3) is 0.500. The van der Waals surface area contributed by atoms with Crippen LogP contribution in [0, 0.1) is 11.8 Å². The van der Waals surface area contributed by atoms with Gasteiger partial charge in [-0.05, 0) is 41.8 Å². The van der Waals surface area contributed by atoms with E-state index in [4.69, 9.17) is 0 Å². The maximum Gasteiger partial charge on any atom is 0.0346 e. The predicted molar refractivity (Wildman–Crippen MR) is 87.0 cm³/mol. The molecule has 0 aliphatic rings. The molecule has 108 valence electrons. The molecule has 0 saturated heterocycles. The molecule has 0 bridgehead atoms. The minimum atomic E-state index is 0.508. The van der Waals surface area contributed by atoms with Gasteiger partial charge < -0.3 is 5.32 Å². The van der Waals surface area contributed by atoms with Gasteiger partial charge in [-0.25, -0.2) is 0 Å². The van der Waals surface area contributed by atoms with Crippen LogP contribution < -0.4 is 5.32 Å². The Labute approximate surface area is 122 Å². The maximum absolute atomic E-state index is 4.40. The van der Waals surface area contributed by atoms with Gasteiger partial charge in [0.15, 0.2) is 0 Å². The number of nitrogens with zero attached hydrogens (tertiary/aromatic N) is 1. The average molecular weight is 270 g/mol. The molecule has 0 aliphatic heterocycles. The molecule has 2 nitrogen and oxygen atoms in total. The number of rotatable bonds is 6. The van der Waals surface area contributed by atoms with Crippen LogP contribution in [0.1, 0.15) is 39.2 Å². The molecule has 2 heteroatoms. The van der Waals surface area contributed by atoms with Crippen molar-refractivity contribution < 1.29 is 0 Å². The molecule has 2 unspecified atom stereocenters. The van der Waals surface area contributed by atoms with Crippen LogP contribution in [0.25, 0.3) is 10.8 Å². The standard InChI is InChI=1S/C18H26N2/c1-13(2)9-19-10-14(3)15(4)18-12-20-11-16-7-5-6-8-17(16)18/h5-8,11-15,19H,9-10H2,1-4H3. The monoisotopic (exact) mass is 270 g/mol. The van der Waals surface area contributed by atoms with Gasteiger partial charge in [0.1, 0.15) is 0 Å². The van der Waals surface area contributed by atoms with Crippen molar-refractivity contribution in [3.8, 4) is 0 Å². The van der Waals surface area contributed by atoms with Crippen molar-refractivity contribution in [2.24, 2.45) is 11.8 Å². The van der Waals surface area contributed by atoms with Crippen LogP contribution in [-0.2, 0) is 0 Å². The Bertz CT molecular complexity index is 543. The quantitative estimate of drug-likeness (QED) is 0.850. The summed E-state index contributed by atoms with van der Waals surface area (Å²) in [7, 11) is 0. The van der Waals surface area contributed by atoms with E-state index in [1.165, 1.54) is 16.3 Å². The first-order chi connectivity index (χ1) is 9.59. The Morgan fingerprint density at radius 1 is 1.00 bits per heavy atom. The lowest BCUT2D eigenvalue weighted by Gasteiger charge is -2.22. The smallest absolute Gasteiger partial charge is 0.0346 e. The molecule has 2 atom stereocenters. The molecule has 1 aromatic heterocycles. The van der Waals surface area contributed by atoms with E-state index >= 15 is 0 Å². The van der Waals surface area contributed by atoms with Crippen LogP contribution in [0.5, 0.6) is 0 Å². The number of hydrogen-bond acceptors (Lipinski definition) is 2. The lowest BCUT2D eigenvalue weighted by Crippen LogP contribution is -2.27. The molecule has 20 heavy (non-hydrogen) atoms. The Morgan fingerprint density at radius 3 is 2.50 bits per heavy atom. The summed E-state index contributed by atoms with van der Waals surface area (Å²) in [6.07, 6.45) is 3.99. The van der Waals surface area contributed by atoms with E-state index in [9.17, 15) is 0 Å². The fourth-order valence-corrected chi connectivity index (χ4v) is 2.59. The number of aromatic nitrogens is 1. The number of pyridine rings is 1. The van der Waals surface area contributed by atoms with Crippen LogP contribution in [0.3, 0.4) is 0 Å². The van der Waals surface area contributed by atoms with Crippen LogP contribution in [0.4, 0.5) is 0 Å². The van der Waals surface area contributed by atoms with Gasteiger partial charge in [-0.2, -0.15) is 0 Å². The Kier molecular flexibility index (Phi) is 5.13. The number of nitrogens with one attached hydrogen (secondary N) is 1. The van der Waals surface area contributed by atoms with Crippen molar-refractivity contribution in [1.29, 1.82) is 0 Å². The van der Waals surface area contributed by atoms with Crippen LogP contribution in [0.15, 0.2) is 36.7 Å². The third kappa shape index (κ3) is 3.57. The second-order valence-electron chi connectivity index (χ2n) is 6.27. The zero-order chi connectivity index (χ0) is 14.5. The van der Waals surface area contributed by atoms with Gasteiger partial charge in [0.25, 0.3) is 0 Å². The highest BCUT2D eigenvalue weighted by Gasteiger charge is 2.16. The SMILES string of the molecule is CC(C)CNCC(C)C(C)c1cncc2ccccc12. The van der Waals surface area contributed by atoms with Crippen molar-refractivity contribution in [1.82, 2.24) is 10.3 Å². The summed E-state index contributed by atoms with van der Waals surface area (Å²) in [5.74, 6) is 1.81. The largest absolute Gasteiger partial charge is 0.316 e. The number of benzene rings is 1. The maximum atomic E-state index is 4.40. The molecule has 2 aromatic rings. The lowest BCUT2D eigenvalue weighted by molar-refractivity contribution is 0.429. The predicted octanol–water partition coefficient (Wildman–Crippen LogP) is 4.22. The fourth-order valence-electron chi connectivity index (χ4n) is 2.59. The molecule has 0 aliphatic carbocycles. The topological polar surface area (TPSA) is 24.9 Å². The van der Waals surface area contributed by atoms with Crippen molar-refractivity contribution in [3.05, 3.63) is 42.2 Å². The molecule has 1 N–H and O–H groups in total. The second-order valence-corrected chi connectivity index (χ2v) is 6.27. The van der Waals surface area contributed by atoms with Crippen LogP contribution >= 0.6 is 0 Å². The number of hydrogen-bond donors (Lipinski definition) is 1. The van der Waals surface area contributed by atoms with Gasteiger partial charge in [0.2, 0.25) is 0 Å². The van der Waals surface area contributed by atoms with Crippen LogP contribution in [-0.4, -0.2) is 18.1 Å². The molecule has 0 spiro atoms.